The molecule has 2 bridgehead atoms. The molecule has 110 valence electrons. The summed E-state index contributed by atoms with van der Waals surface area (Å²) in [5.41, 5.74) is 0. The average molecular weight is 288 g/mol. The number of likely N-dealkylation sites (N-methyl/N-ethyl adjacent to an activating group) is 1. The van der Waals surface area contributed by atoms with Gasteiger partial charge in [0.1, 0.15) is 0 Å². The lowest BCUT2D eigenvalue weighted by atomic mass is 9.97. The van der Waals surface area contributed by atoms with Crippen molar-refractivity contribution < 1.29 is 4.79 Å². The largest absolute Gasteiger partial charge is 0.341 e. The Morgan fingerprint density at radius 3 is 2.68 bits per heavy atom. The fourth-order valence-electron chi connectivity index (χ4n) is 3.83. The van der Waals surface area contributed by atoms with E-state index < -0.39 is 0 Å². The number of likely N-dealkylation sites (tertiary alicyclic amines) is 1. The predicted molar refractivity (Wildman–Crippen MR) is 78.6 cm³/mol. The van der Waals surface area contributed by atoms with Gasteiger partial charge in [-0.05, 0) is 45.7 Å². The summed E-state index contributed by atoms with van der Waals surface area (Å²) < 4.78 is 0. The summed E-state index contributed by atoms with van der Waals surface area (Å²) >= 11 is 0. The normalized spacial score (nSPS) is 35.6. The van der Waals surface area contributed by atoms with Crippen molar-refractivity contribution in [1.29, 1.82) is 0 Å². The fraction of sp³-hybridized carbons (Fsp3) is 0.929. The third-order valence-corrected chi connectivity index (χ3v) is 5.11. The van der Waals surface area contributed by atoms with E-state index in [1.165, 1.54) is 19.3 Å². The third-order valence-electron chi connectivity index (χ3n) is 5.11. The van der Waals surface area contributed by atoms with E-state index in [1.807, 2.05) is 0 Å². The molecule has 3 unspecified atom stereocenters. The van der Waals surface area contributed by atoms with Crippen LogP contribution in [0.4, 0.5) is 0 Å². The number of piperidine rings is 1. The van der Waals surface area contributed by atoms with Gasteiger partial charge in [0.05, 0.1) is 5.92 Å². The smallest absolute Gasteiger partial charge is 0.227 e. The molecule has 3 aliphatic rings. The summed E-state index contributed by atoms with van der Waals surface area (Å²) in [7, 11) is 2.23. The number of carbonyl (C=O) groups excluding carboxylic acids is 1. The zero-order valence-electron chi connectivity index (χ0n) is 11.8. The molecule has 4 nitrogen and oxygen atoms in total. The maximum atomic E-state index is 12.6. The SMILES string of the molecule is CN1C2CCC1CN(C(=O)C1CCCNC1)CC2.Cl. The van der Waals surface area contributed by atoms with Gasteiger partial charge in [0.2, 0.25) is 5.91 Å². The summed E-state index contributed by atoms with van der Waals surface area (Å²) in [5.74, 6) is 0.642. The Balaban J connectivity index is 0.00000133. The second-order valence-corrected chi connectivity index (χ2v) is 6.17. The predicted octanol–water partition coefficient (Wildman–Crippen LogP) is 1.10. The summed E-state index contributed by atoms with van der Waals surface area (Å²) in [6, 6.07) is 1.33. The van der Waals surface area contributed by atoms with Crippen molar-refractivity contribution in [3.63, 3.8) is 0 Å². The molecule has 5 heteroatoms. The van der Waals surface area contributed by atoms with E-state index in [1.54, 1.807) is 0 Å². The quantitative estimate of drug-likeness (QED) is 0.785. The fourth-order valence-corrected chi connectivity index (χ4v) is 3.83. The number of hydrogen-bond donors (Lipinski definition) is 1. The highest BCUT2D eigenvalue weighted by atomic mass is 35.5. The van der Waals surface area contributed by atoms with Crippen LogP contribution in [0.5, 0.6) is 0 Å². The number of carbonyl (C=O) groups is 1. The molecular weight excluding hydrogens is 262 g/mol. The van der Waals surface area contributed by atoms with E-state index in [4.69, 9.17) is 0 Å². The van der Waals surface area contributed by atoms with Gasteiger partial charge in [0.15, 0.2) is 0 Å². The second kappa shape index (κ2) is 6.42. The lowest BCUT2D eigenvalue weighted by molar-refractivity contribution is -0.136. The van der Waals surface area contributed by atoms with Gasteiger partial charge in [-0.3, -0.25) is 9.69 Å². The van der Waals surface area contributed by atoms with E-state index >= 15 is 0 Å². The summed E-state index contributed by atoms with van der Waals surface area (Å²) in [4.78, 5) is 17.2. The van der Waals surface area contributed by atoms with Gasteiger partial charge in [-0.25, -0.2) is 0 Å². The van der Waals surface area contributed by atoms with E-state index in [-0.39, 0.29) is 18.3 Å². The number of fused-ring (bicyclic) bond motifs is 2. The zero-order valence-corrected chi connectivity index (χ0v) is 12.6. The van der Waals surface area contributed by atoms with Crippen molar-refractivity contribution in [2.24, 2.45) is 5.92 Å². The summed E-state index contributed by atoms with van der Waals surface area (Å²) in [6.07, 6.45) is 5.99. The topological polar surface area (TPSA) is 35.6 Å². The first-order valence-corrected chi connectivity index (χ1v) is 7.47. The van der Waals surface area contributed by atoms with Crippen molar-refractivity contribution in [1.82, 2.24) is 15.1 Å². The van der Waals surface area contributed by atoms with Crippen LogP contribution in [0, 0.1) is 5.92 Å². The minimum absolute atomic E-state index is 0. The monoisotopic (exact) mass is 287 g/mol. The maximum absolute atomic E-state index is 12.6. The Morgan fingerprint density at radius 1 is 1.16 bits per heavy atom. The van der Waals surface area contributed by atoms with E-state index in [0.29, 0.717) is 11.9 Å². The number of hydrogen-bond acceptors (Lipinski definition) is 3. The van der Waals surface area contributed by atoms with Gasteiger partial charge in [0.25, 0.3) is 0 Å². The summed E-state index contributed by atoms with van der Waals surface area (Å²) in [5, 5.41) is 3.36. The molecule has 19 heavy (non-hydrogen) atoms. The maximum Gasteiger partial charge on any atom is 0.227 e. The van der Waals surface area contributed by atoms with Crippen LogP contribution in [0.15, 0.2) is 0 Å². The van der Waals surface area contributed by atoms with Gasteiger partial charge >= 0.3 is 0 Å². The Bertz CT molecular complexity index is 320. The minimum Gasteiger partial charge on any atom is -0.341 e. The Hall–Kier alpha value is -0.320. The van der Waals surface area contributed by atoms with Crippen molar-refractivity contribution in [3.8, 4) is 0 Å². The van der Waals surface area contributed by atoms with Crippen molar-refractivity contribution >= 4 is 18.3 Å². The van der Waals surface area contributed by atoms with Crippen LogP contribution in [0.2, 0.25) is 0 Å². The molecule has 3 aliphatic heterocycles. The highest BCUT2D eigenvalue weighted by molar-refractivity contribution is 5.85. The van der Waals surface area contributed by atoms with Gasteiger partial charge in [-0.2, -0.15) is 0 Å². The van der Waals surface area contributed by atoms with Crippen LogP contribution < -0.4 is 5.32 Å². The molecule has 0 spiro atoms. The first kappa shape index (κ1) is 15.1. The molecule has 3 atom stereocenters. The van der Waals surface area contributed by atoms with Gasteiger partial charge in [0, 0.05) is 31.7 Å². The van der Waals surface area contributed by atoms with Crippen LogP contribution in [-0.2, 0) is 4.79 Å². The molecule has 3 heterocycles. The molecular formula is C14H26ClN3O. The molecule has 0 aliphatic carbocycles. The molecule has 0 aromatic rings. The summed E-state index contributed by atoms with van der Waals surface area (Å²) in [6.45, 7) is 3.90. The van der Waals surface area contributed by atoms with Crippen LogP contribution in [0.1, 0.15) is 32.1 Å². The van der Waals surface area contributed by atoms with Crippen LogP contribution in [0.25, 0.3) is 0 Å². The first-order valence-electron chi connectivity index (χ1n) is 7.47. The Labute approximate surface area is 122 Å². The number of nitrogens with zero attached hydrogens (tertiary/aromatic N) is 2. The molecule has 1 amide bonds. The zero-order chi connectivity index (χ0) is 12.5. The lowest BCUT2D eigenvalue weighted by Crippen LogP contribution is -2.46. The van der Waals surface area contributed by atoms with Crippen LogP contribution in [0.3, 0.4) is 0 Å². The van der Waals surface area contributed by atoms with E-state index in [0.717, 1.165) is 45.1 Å². The average Bonchev–Trinajstić information content (AvgIpc) is 2.64. The molecule has 0 radical (unpaired) electrons. The second-order valence-electron chi connectivity index (χ2n) is 6.17. The van der Waals surface area contributed by atoms with Crippen molar-refractivity contribution in [2.75, 3.05) is 33.2 Å². The highest BCUT2D eigenvalue weighted by Gasteiger charge is 2.37. The third kappa shape index (κ3) is 3.06. The van der Waals surface area contributed by atoms with Gasteiger partial charge in [-0.15, -0.1) is 12.4 Å². The van der Waals surface area contributed by atoms with Crippen LogP contribution >= 0.6 is 12.4 Å². The Kier molecular flexibility index (Phi) is 5.09. The van der Waals surface area contributed by atoms with Crippen molar-refractivity contribution in [3.05, 3.63) is 0 Å². The van der Waals surface area contributed by atoms with Gasteiger partial charge < -0.3 is 10.2 Å². The molecule has 0 aromatic carbocycles. The Morgan fingerprint density at radius 2 is 1.95 bits per heavy atom. The standard InChI is InChI=1S/C14H25N3O.ClH/c1-16-12-4-5-13(16)10-17(8-6-12)14(18)11-3-2-7-15-9-11;/h11-13,15H,2-10H2,1H3;1H. The van der Waals surface area contributed by atoms with Crippen LogP contribution in [-0.4, -0.2) is 61.0 Å². The van der Waals surface area contributed by atoms with Crippen molar-refractivity contribution in [2.45, 2.75) is 44.2 Å². The highest BCUT2D eigenvalue weighted by Crippen LogP contribution is 2.29. The van der Waals surface area contributed by atoms with Gasteiger partial charge in [-0.1, -0.05) is 0 Å². The molecule has 0 aromatic heterocycles. The van der Waals surface area contributed by atoms with E-state index in [9.17, 15) is 4.79 Å². The number of amides is 1. The number of halogens is 1. The number of rotatable bonds is 1. The first-order chi connectivity index (χ1) is 8.75. The number of nitrogens with one attached hydrogen (secondary N) is 1. The lowest BCUT2D eigenvalue weighted by Gasteiger charge is -2.31. The molecule has 3 rings (SSSR count). The molecule has 3 saturated heterocycles. The van der Waals surface area contributed by atoms with E-state index in [2.05, 4.69) is 22.2 Å². The molecule has 0 saturated carbocycles. The molecule has 1 N–H and O–H groups in total. The molecule has 3 fully saturated rings. The minimum atomic E-state index is 0.